The molecule has 16 heavy (non-hydrogen) atoms. The van der Waals surface area contributed by atoms with Crippen LogP contribution < -0.4 is 5.56 Å². The van der Waals surface area contributed by atoms with Crippen LogP contribution in [0.3, 0.4) is 0 Å². The van der Waals surface area contributed by atoms with Crippen LogP contribution in [-0.4, -0.2) is 4.98 Å². The first-order valence-electron chi connectivity index (χ1n) is 4.72. The monoisotopic (exact) mass is 221 g/mol. The van der Waals surface area contributed by atoms with Crippen LogP contribution in [0.1, 0.15) is 5.56 Å². The van der Waals surface area contributed by atoms with Crippen molar-refractivity contribution in [2.75, 3.05) is 0 Å². The predicted molar refractivity (Wildman–Crippen MR) is 57.2 cm³/mol. The molecule has 0 amide bonds. The largest absolute Gasteiger partial charge is 0.328 e. The predicted octanol–water partition coefficient (Wildman–Crippen LogP) is 2.63. The van der Waals surface area contributed by atoms with Crippen LogP contribution in [-0.2, 0) is 0 Å². The standard InChI is InChI=1S/C12H9F2NO/c1-7-4-8(6-15-12(7)16)10-3-2-9(13)5-11(10)14/h2-6H,1H3,(H,15,16). The van der Waals surface area contributed by atoms with Gasteiger partial charge < -0.3 is 4.98 Å². The number of rotatable bonds is 1. The molecule has 82 valence electrons. The number of aromatic amines is 1. The van der Waals surface area contributed by atoms with Gasteiger partial charge in [0.25, 0.3) is 5.56 Å². The van der Waals surface area contributed by atoms with Crippen LogP contribution in [0.2, 0.25) is 0 Å². The number of hydrogen-bond donors (Lipinski definition) is 1. The molecule has 0 bridgehead atoms. The number of aryl methyl sites for hydroxylation is 1. The molecule has 1 heterocycles. The molecule has 2 rings (SSSR count). The molecule has 0 aliphatic carbocycles. The molecule has 0 atom stereocenters. The zero-order chi connectivity index (χ0) is 11.7. The average Bonchev–Trinajstić information content (AvgIpc) is 2.22. The van der Waals surface area contributed by atoms with E-state index in [4.69, 9.17) is 0 Å². The highest BCUT2D eigenvalue weighted by Gasteiger charge is 2.07. The lowest BCUT2D eigenvalue weighted by Gasteiger charge is -2.03. The molecule has 2 aromatic rings. The smallest absolute Gasteiger partial charge is 0.250 e. The van der Waals surface area contributed by atoms with Gasteiger partial charge in [0.2, 0.25) is 0 Å². The fourth-order valence-corrected chi connectivity index (χ4v) is 1.48. The Labute approximate surface area is 90.6 Å². The van der Waals surface area contributed by atoms with Crippen LogP contribution >= 0.6 is 0 Å². The topological polar surface area (TPSA) is 32.9 Å². The normalized spacial score (nSPS) is 10.4. The SMILES string of the molecule is Cc1cc(-c2ccc(F)cc2F)c[nH]c1=O. The molecule has 0 unspecified atom stereocenters. The number of nitrogens with one attached hydrogen (secondary N) is 1. The van der Waals surface area contributed by atoms with Crippen LogP contribution in [0.15, 0.2) is 35.3 Å². The molecular formula is C12H9F2NO. The van der Waals surface area contributed by atoms with E-state index < -0.39 is 11.6 Å². The fourth-order valence-electron chi connectivity index (χ4n) is 1.48. The van der Waals surface area contributed by atoms with Gasteiger partial charge in [-0.1, -0.05) is 0 Å². The molecule has 0 aliphatic heterocycles. The molecule has 0 fully saturated rings. The van der Waals surface area contributed by atoms with Crippen molar-refractivity contribution in [2.24, 2.45) is 0 Å². The van der Waals surface area contributed by atoms with Gasteiger partial charge in [0.05, 0.1) is 0 Å². The summed E-state index contributed by atoms with van der Waals surface area (Å²) in [6, 6.07) is 4.90. The second kappa shape index (κ2) is 3.89. The minimum absolute atomic E-state index is 0.216. The minimum Gasteiger partial charge on any atom is -0.328 e. The van der Waals surface area contributed by atoms with Crippen molar-refractivity contribution in [3.63, 3.8) is 0 Å². The molecule has 1 N–H and O–H groups in total. The summed E-state index contributed by atoms with van der Waals surface area (Å²) in [7, 11) is 0. The molecule has 0 saturated carbocycles. The van der Waals surface area contributed by atoms with Crippen LogP contribution in [0.4, 0.5) is 8.78 Å². The molecule has 0 aliphatic rings. The van der Waals surface area contributed by atoms with Gasteiger partial charge in [0.1, 0.15) is 11.6 Å². The second-order valence-corrected chi connectivity index (χ2v) is 3.52. The lowest BCUT2D eigenvalue weighted by molar-refractivity contribution is 0.585. The summed E-state index contributed by atoms with van der Waals surface area (Å²) in [4.78, 5) is 13.6. The van der Waals surface area contributed by atoms with Gasteiger partial charge >= 0.3 is 0 Å². The van der Waals surface area contributed by atoms with E-state index in [1.807, 2.05) is 0 Å². The first-order chi connectivity index (χ1) is 7.58. The molecule has 0 saturated heterocycles. The summed E-state index contributed by atoms with van der Waals surface area (Å²) in [5.41, 5.74) is 1.06. The fraction of sp³-hybridized carbons (Fsp3) is 0.0833. The first-order valence-corrected chi connectivity index (χ1v) is 4.72. The lowest BCUT2D eigenvalue weighted by Crippen LogP contribution is -2.08. The van der Waals surface area contributed by atoms with E-state index in [2.05, 4.69) is 4.98 Å². The van der Waals surface area contributed by atoms with Crippen LogP contribution in [0, 0.1) is 18.6 Å². The number of H-pyrrole nitrogens is 1. The van der Waals surface area contributed by atoms with Gasteiger partial charge in [0, 0.05) is 29.0 Å². The Hall–Kier alpha value is -1.97. The van der Waals surface area contributed by atoms with E-state index in [1.54, 1.807) is 13.0 Å². The number of hydrogen-bond acceptors (Lipinski definition) is 1. The zero-order valence-electron chi connectivity index (χ0n) is 8.55. The van der Waals surface area contributed by atoms with Crippen molar-refractivity contribution in [3.05, 3.63) is 58.0 Å². The quantitative estimate of drug-likeness (QED) is 0.788. The summed E-state index contributed by atoms with van der Waals surface area (Å²) >= 11 is 0. The lowest BCUT2D eigenvalue weighted by atomic mass is 10.1. The van der Waals surface area contributed by atoms with Crippen LogP contribution in [0.25, 0.3) is 11.1 Å². The Kier molecular flexibility index (Phi) is 2.56. The van der Waals surface area contributed by atoms with E-state index in [9.17, 15) is 13.6 Å². The maximum atomic E-state index is 13.4. The highest BCUT2D eigenvalue weighted by atomic mass is 19.1. The van der Waals surface area contributed by atoms with Crippen molar-refractivity contribution >= 4 is 0 Å². The highest BCUT2D eigenvalue weighted by molar-refractivity contribution is 5.63. The third kappa shape index (κ3) is 1.86. The van der Waals surface area contributed by atoms with Crippen LogP contribution in [0.5, 0.6) is 0 Å². The third-order valence-electron chi connectivity index (χ3n) is 2.33. The van der Waals surface area contributed by atoms with Crippen molar-refractivity contribution in [1.29, 1.82) is 0 Å². The van der Waals surface area contributed by atoms with E-state index in [1.165, 1.54) is 18.3 Å². The molecule has 2 nitrogen and oxygen atoms in total. The maximum absolute atomic E-state index is 13.4. The number of pyridine rings is 1. The molecule has 0 radical (unpaired) electrons. The Morgan fingerprint density at radius 2 is 1.94 bits per heavy atom. The van der Waals surface area contributed by atoms with E-state index in [0.717, 1.165) is 6.07 Å². The van der Waals surface area contributed by atoms with Gasteiger partial charge in [-0.25, -0.2) is 8.78 Å². The Morgan fingerprint density at radius 1 is 1.19 bits per heavy atom. The van der Waals surface area contributed by atoms with Gasteiger partial charge in [-0.15, -0.1) is 0 Å². The summed E-state index contributed by atoms with van der Waals surface area (Å²) in [6.45, 7) is 1.63. The summed E-state index contributed by atoms with van der Waals surface area (Å²) in [5, 5.41) is 0. The minimum atomic E-state index is -0.647. The maximum Gasteiger partial charge on any atom is 0.250 e. The van der Waals surface area contributed by atoms with Gasteiger partial charge in [-0.2, -0.15) is 0 Å². The number of halogens is 2. The second-order valence-electron chi connectivity index (χ2n) is 3.52. The molecule has 1 aromatic heterocycles. The van der Waals surface area contributed by atoms with Gasteiger partial charge in [-0.05, 0) is 25.1 Å². The summed E-state index contributed by atoms with van der Waals surface area (Å²) in [5.74, 6) is -1.27. The van der Waals surface area contributed by atoms with E-state index in [-0.39, 0.29) is 11.1 Å². The third-order valence-corrected chi connectivity index (χ3v) is 2.33. The van der Waals surface area contributed by atoms with Gasteiger partial charge in [-0.3, -0.25) is 4.79 Å². The van der Waals surface area contributed by atoms with Crippen molar-refractivity contribution < 1.29 is 8.78 Å². The Balaban J connectivity index is 2.59. The van der Waals surface area contributed by atoms with Gasteiger partial charge in [0.15, 0.2) is 0 Å². The van der Waals surface area contributed by atoms with Crippen molar-refractivity contribution in [3.8, 4) is 11.1 Å². The van der Waals surface area contributed by atoms with E-state index in [0.29, 0.717) is 11.1 Å². The molecule has 1 aromatic carbocycles. The van der Waals surface area contributed by atoms with E-state index >= 15 is 0 Å². The molecule has 4 heteroatoms. The van der Waals surface area contributed by atoms with Crippen molar-refractivity contribution in [1.82, 2.24) is 4.98 Å². The molecular weight excluding hydrogens is 212 g/mol. The van der Waals surface area contributed by atoms with Crippen molar-refractivity contribution in [2.45, 2.75) is 6.92 Å². The first kappa shape index (κ1) is 10.5. The number of aromatic nitrogens is 1. The zero-order valence-corrected chi connectivity index (χ0v) is 8.55. The Morgan fingerprint density at radius 3 is 2.56 bits per heavy atom. The Bertz CT molecular complexity index is 590. The summed E-state index contributed by atoms with van der Waals surface area (Å²) < 4.78 is 26.1. The summed E-state index contributed by atoms with van der Waals surface area (Å²) in [6.07, 6.45) is 1.41. The number of benzene rings is 1. The average molecular weight is 221 g/mol. The highest BCUT2D eigenvalue weighted by Crippen LogP contribution is 2.22. The molecule has 0 spiro atoms.